The molecule has 1 heterocycles. The van der Waals surface area contributed by atoms with Crippen molar-refractivity contribution in [3.63, 3.8) is 0 Å². The molecule has 6 nitrogen and oxygen atoms in total. The van der Waals surface area contributed by atoms with E-state index in [9.17, 15) is 14.9 Å². The van der Waals surface area contributed by atoms with Gasteiger partial charge >= 0.3 is 0 Å². The van der Waals surface area contributed by atoms with E-state index < -0.39 is 11.2 Å². The predicted octanol–water partition coefficient (Wildman–Crippen LogP) is 6.19. The van der Waals surface area contributed by atoms with Crippen LogP contribution in [-0.4, -0.2) is 24.2 Å². The minimum atomic E-state index is -0.595. The van der Waals surface area contributed by atoms with Gasteiger partial charge in [-0.25, -0.2) is 0 Å². The van der Waals surface area contributed by atoms with Crippen molar-refractivity contribution in [3.05, 3.63) is 100 Å². The number of ether oxygens (including phenoxy) is 1. The van der Waals surface area contributed by atoms with E-state index in [2.05, 4.69) is 31.3 Å². The highest BCUT2D eigenvalue weighted by Gasteiger charge is 2.41. The lowest BCUT2D eigenvalue weighted by Crippen LogP contribution is -2.31. The van der Waals surface area contributed by atoms with E-state index in [1.807, 2.05) is 49.4 Å². The highest BCUT2D eigenvalue weighted by atomic mass is 32.2. The zero-order valence-electron chi connectivity index (χ0n) is 21.3. The summed E-state index contributed by atoms with van der Waals surface area (Å²) in [6.07, 6.45) is 0.488. The highest BCUT2D eigenvalue weighted by Crippen LogP contribution is 2.42. The number of anilines is 2. The number of para-hydroxylation sites is 2. The number of carbonyl (C=O) groups excluding carboxylic acids is 2. The van der Waals surface area contributed by atoms with Crippen LogP contribution in [0, 0.1) is 18.3 Å². The molecule has 37 heavy (non-hydrogen) atoms. The van der Waals surface area contributed by atoms with E-state index >= 15 is 0 Å². The Hall–Kier alpha value is -4.02. The van der Waals surface area contributed by atoms with Gasteiger partial charge in [-0.15, -0.1) is 0 Å². The van der Waals surface area contributed by atoms with Gasteiger partial charge in [0, 0.05) is 5.69 Å². The van der Waals surface area contributed by atoms with Crippen molar-refractivity contribution in [2.45, 2.75) is 38.4 Å². The summed E-state index contributed by atoms with van der Waals surface area (Å²) in [5, 5.41) is 12.7. The number of amides is 2. The summed E-state index contributed by atoms with van der Waals surface area (Å²) >= 11 is 1.26. The van der Waals surface area contributed by atoms with E-state index in [1.165, 1.54) is 23.8 Å². The van der Waals surface area contributed by atoms with E-state index in [0.29, 0.717) is 34.5 Å². The third-order valence-electron chi connectivity index (χ3n) is 6.18. The second-order valence-corrected chi connectivity index (χ2v) is 10.4. The highest BCUT2D eigenvalue weighted by molar-refractivity contribution is 8.05. The zero-order chi connectivity index (χ0) is 26.5. The molecule has 1 N–H and O–H groups in total. The van der Waals surface area contributed by atoms with Crippen LogP contribution < -0.4 is 15.0 Å². The van der Waals surface area contributed by atoms with Gasteiger partial charge in [0.1, 0.15) is 22.4 Å². The SMILES string of the molecule is COc1ccccc1NC(=O)/C(C#N)=C1\SC(Cc2cccc(C)c2)C(=O)N1c1ccc(C(C)C)cc1. The molecule has 0 aliphatic carbocycles. The fraction of sp³-hybridized carbons (Fsp3) is 0.233. The molecular weight excluding hydrogens is 482 g/mol. The average Bonchev–Trinajstić information content (AvgIpc) is 3.20. The third-order valence-corrected chi connectivity index (χ3v) is 7.45. The van der Waals surface area contributed by atoms with Crippen molar-refractivity contribution >= 4 is 35.0 Å². The summed E-state index contributed by atoms with van der Waals surface area (Å²) in [5.74, 6) is 0.0637. The molecule has 1 saturated heterocycles. The maximum absolute atomic E-state index is 13.7. The van der Waals surface area contributed by atoms with E-state index in [-0.39, 0.29) is 11.5 Å². The number of hydrogen-bond acceptors (Lipinski definition) is 5. The van der Waals surface area contributed by atoms with E-state index in [1.54, 1.807) is 24.3 Å². The van der Waals surface area contributed by atoms with Crippen LogP contribution in [0.4, 0.5) is 11.4 Å². The Balaban J connectivity index is 1.74. The van der Waals surface area contributed by atoms with Gasteiger partial charge in [0.25, 0.3) is 5.91 Å². The monoisotopic (exact) mass is 511 g/mol. The smallest absolute Gasteiger partial charge is 0.269 e. The van der Waals surface area contributed by atoms with Crippen LogP contribution in [0.25, 0.3) is 0 Å². The molecule has 7 heteroatoms. The molecule has 3 aromatic rings. The Morgan fingerprint density at radius 2 is 1.84 bits per heavy atom. The molecule has 0 bridgehead atoms. The summed E-state index contributed by atoms with van der Waals surface area (Å²) < 4.78 is 5.33. The molecule has 0 radical (unpaired) electrons. The Kier molecular flexibility index (Phi) is 8.00. The van der Waals surface area contributed by atoms with Gasteiger partial charge in [0.05, 0.1) is 18.0 Å². The van der Waals surface area contributed by atoms with Crippen molar-refractivity contribution in [1.82, 2.24) is 0 Å². The summed E-state index contributed by atoms with van der Waals surface area (Å²) in [6.45, 7) is 6.22. The molecule has 1 unspecified atom stereocenters. The van der Waals surface area contributed by atoms with Crippen LogP contribution in [0.5, 0.6) is 5.75 Å². The number of nitrogens with zero attached hydrogens (tertiary/aromatic N) is 2. The van der Waals surface area contributed by atoms with Crippen LogP contribution in [0.3, 0.4) is 0 Å². The number of nitrogens with one attached hydrogen (secondary N) is 1. The fourth-order valence-electron chi connectivity index (χ4n) is 4.22. The third kappa shape index (κ3) is 5.71. The number of carbonyl (C=O) groups is 2. The predicted molar refractivity (Wildman–Crippen MR) is 149 cm³/mol. The lowest BCUT2D eigenvalue weighted by Gasteiger charge is -2.20. The number of methoxy groups -OCH3 is 1. The molecule has 0 saturated carbocycles. The first kappa shape index (κ1) is 26.1. The number of benzene rings is 3. The molecule has 2 amide bonds. The van der Waals surface area contributed by atoms with Gasteiger partial charge in [-0.1, -0.05) is 79.7 Å². The minimum absolute atomic E-state index is 0.121. The topological polar surface area (TPSA) is 82.4 Å². The van der Waals surface area contributed by atoms with E-state index in [4.69, 9.17) is 4.74 Å². The molecule has 0 aromatic heterocycles. The van der Waals surface area contributed by atoms with Gasteiger partial charge < -0.3 is 10.1 Å². The fourth-order valence-corrected chi connectivity index (χ4v) is 5.52. The van der Waals surface area contributed by atoms with Crippen molar-refractivity contribution in [2.75, 3.05) is 17.3 Å². The van der Waals surface area contributed by atoms with Crippen LogP contribution in [0.15, 0.2) is 83.4 Å². The lowest BCUT2D eigenvalue weighted by molar-refractivity contribution is -0.117. The van der Waals surface area contributed by atoms with Gasteiger partial charge in [0.15, 0.2) is 0 Å². The molecule has 3 aromatic carbocycles. The van der Waals surface area contributed by atoms with Gasteiger partial charge in [-0.2, -0.15) is 5.26 Å². The van der Waals surface area contributed by atoms with Gasteiger partial charge in [-0.05, 0) is 54.7 Å². The average molecular weight is 512 g/mol. The second-order valence-electron chi connectivity index (χ2n) is 9.17. The maximum atomic E-state index is 13.7. The Morgan fingerprint density at radius 1 is 1.11 bits per heavy atom. The number of thioether (sulfide) groups is 1. The molecule has 188 valence electrons. The number of nitriles is 1. The van der Waals surface area contributed by atoms with Crippen LogP contribution >= 0.6 is 11.8 Å². The Morgan fingerprint density at radius 3 is 2.49 bits per heavy atom. The first-order chi connectivity index (χ1) is 17.8. The Labute approximate surface area is 221 Å². The minimum Gasteiger partial charge on any atom is -0.495 e. The van der Waals surface area contributed by atoms with Crippen molar-refractivity contribution < 1.29 is 14.3 Å². The molecule has 1 aliphatic heterocycles. The summed E-state index contributed by atoms with van der Waals surface area (Å²) in [6, 6.07) is 24.8. The summed E-state index contributed by atoms with van der Waals surface area (Å²) in [7, 11) is 1.51. The maximum Gasteiger partial charge on any atom is 0.269 e. The Bertz CT molecular complexity index is 1390. The first-order valence-electron chi connectivity index (χ1n) is 12.1. The van der Waals surface area contributed by atoms with Crippen molar-refractivity contribution in [3.8, 4) is 11.8 Å². The molecule has 0 spiro atoms. The summed E-state index contributed by atoms with van der Waals surface area (Å²) in [4.78, 5) is 28.6. The van der Waals surface area contributed by atoms with Gasteiger partial charge in [0.2, 0.25) is 5.91 Å². The molecular formula is C30H29N3O3S. The number of rotatable bonds is 7. The number of aryl methyl sites for hydroxylation is 1. The summed E-state index contributed by atoms with van der Waals surface area (Å²) in [5.41, 5.74) is 4.23. The molecule has 4 rings (SSSR count). The molecule has 1 fully saturated rings. The number of hydrogen-bond donors (Lipinski definition) is 1. The van der Waals surface area contributed by atoms with Crippen molar-refractivity contribution in [2.24, 2.45) is 0 Å². The van der Waals surface area contributed by atoms with Crippen LogP contribution in [-0.2, 0) is 16.0 Å². The largest absolute Gasteiger partial charge is 0.495 e. The van der Waals surface area contributed by atoms with Crippen molar-refractivity contribution in [1.29, 1.82) is 5.26 Å². The van der Waals surface area contributed by atoms with Crippen LogP contribution in [0.2, 0.25) is 0 Å². The van der Waals surface area contributed by atoms with Gasteiger partial charge in [-0.3, -0.25) is 14.5 Å². The normalized spacial score (nSPS) is 16.5. The van der Waals surface area contributed by atoms with E-state index in [0.717, 1.165) is 16.7 Å². The quantitative estimate of drug-likeness (QED) is 0.302. The zero-order valence-corrected chi connectivity index (χ0v) is 22.1. The van der Waals surface area contributed by atoms with Crippen LogP contribution in [0.1, 0.15) is 36.5 Å². The standard InChI is InChI=1S/C30H29N3O3S/c1-19(2)22-12-14-23(15-13-22)33-29(35)27(17-21-9-7-8-20(3)16-21)37-30(33)24(18-31)28(34)32-25-10-5-6-11-26(25)36-4/h5-16,19,27H,17H2,1-4H3,(H,32,34)/b30-24-. The molecule has 1 aliphatic rings. The molecule has 1 atom stereocenters. The first-order valence-corrected chi connectivity index (χ1v) is 12.9. The lowest BCUT2D eigenvalue weighted by atomic mass is 10.0. The second kappa shape index (κ2) is 11.4.